The number of nitrogens with one attached hydrogen (secondary N) is 1. The average molecular weight is 477 g/mol. The number of aromatic nitrogens is 2. The Balaban J connectivity index is 1.61. The van der Waals surface area contributed by atoms with Crippen molar-refractivity contribution in [3.8, 4) is 0 Å². The number of nitrogens with zero attached hydrogens (tertiary/aromatic N) is 2. The number of benzene rings is 3. The highest BCUT2D eigenvalue weighted by molar-refractivity contribution is 9.10. The van der Waals surface area contributed by atoms with E-state index in [0.717, 1.165) is 16.3 Å². The van der Waals surface area contributed by atoms with Crippen molar-refractivity contribution in [2.75, 3.05) is 4.72 Å². The maximum Gasteiger partial charge on any atom is 0.263 e. The molecule has 4 rings (SSSR count). The summed E-state index contributed by atoms with van der Waals surface area (Å²) in [5.74, 6) is 0.222. The molecule has 8 heteroatoms. The van der Waals surface area contributed by atoms with Crippen LogP contribution in [0, 0.1) is 0 Å². The Morgan fingerprint density at radius 2 is 1.71 bits per heavy atom. The van der Waals surface area contributed by atoms with Crippen LogP contribution in [0.3, 0.4) is 0 Å². The van der Waals surface area contributed by atoms with Gasteiger partial charge in [0.05, 0.1) is 15.9 Å². The van der Waals surface area contributed by atoms with Crippen LogP contribution in [0.25, 0.3) is 10.8 Å². The topological polar surface area (TPSA) is 64.0 Å². The first-order valence-corrected chi connectivity index (χ1v) is 11.1. The molecule has 0 aliphatic rings. The van der Waals surface area contributed by atoms with Gasteiger partial charge in [-0.05, 0) is 50.5 Å². The van der Waals surface area contributed by atoms with Gasteiger partial charge in [-0.15, -0.1) is 0 Å². The Labute approximate surface area is 176 Å². The van der Waals surface area contributed by atoms with Gasteiger partial charge < -0.3 is 0 Å². The maximum absolute atomic E-state index is 12.8. The molecule has 1 N–H and O–H groups in total. The highest BCUT2D eigenvalue weighted by atomic mass is 79.9. The van der Waals surface area contributed by atoms with Gasteiger partial charge in [0.1, 0.15) is 0 Å². The molecule has 0 aliphatic carbocycles. The number of rotatable bonds is 5. The molecule has 0 bridgehead atoms. The monoisotopic (exact) mass is 475 g/mol. The van der Waals surface area contributed by atoms with Crippen molar-refractivity contribution < 1.29 is 8.42 Å². The van der Waals surface area contributed by atoms with E-state index in [0.29, 0.717) is 16.0 Å². The lowest BCUT2D eigenvalue weighted by molar-refractivity contribution is 0.600. The molecule has 142 valence electrons. The van der Waals surface area contributed by atoms with Crippen LogP contribution in [0.15, 0.2) is 82.3 Å². The molecule has 0 spiro atoms. The van der Waals surface area contributed by atoms with Gasteiger partial charge in [0.25, 0.3) is 10.0 Å². The average Bonchev–Trinajstić information content (AvgIpc) is 3.01. The number of fused-ring (bicyclic) bond motifs is 1. The van der Waals surface area contributed by atoms with E-state index in [2.05, 4.69) is 25.8 Å². The first kappa shape index (κ1) is 19.0. The molecule has 0 amide bonds. The largest absolute Gasteiger partial charge is 0.265 e. The van der Waals surface area contributed by atoms with Crippen molar-refractivity contribution in [2.24, 2.45) is 0 Å². The summed E-state index contributed by atoms with van der Waals surface area (Å²) in [6, 6.07) is 20.1. The predicted molar refractivity (Wildman–Crippen MR) is 115 cm³/mol. The van der Waals surface area contributed by atoms with E-state index in [9.17, 15) is 8.42 Å². The molecule has 0 unspecified atom stereocenters. The van der Waals surface area contributed by atoms with Crippen molar-refractivity contribution in [1.82, 2.24) is 9.78 Å². The highest BCUT2D eigenvalue weighted by Crippen LogP contribution is 2.26. The smallest absolute Gasteiger partial charge is 0.263 e. The Morgan fingerprint density at radius 1 is 1.00 bits per heavy atom. The molecular formula is C20H15BrClN3O2S. The van der Waals surface area contributed by atoms with Crippen molar-refractivity contribution in [1.29, 1.82) is 0 Å². The molecule has 3 aromatic carbocycles. The van der Waals surface area contributed by atoms with Gasteiger partial charge >= 0.3 is 0 Å². The molecule has 4 aromatic rings. The van der Waals surface area contributed by atoms with Gasteiger partial charge in [0, 0.05) is 11.2 Å². The minimum absolute atomic E-state index is 0.179. The fourth-order valence-corrected chi connectivity index (χ4v) is 4.66. The lowest BCUT2D eigenvalue weighted by atomic mass is 10.1. The second kappa shape index (κ2) is 7.58. The minimum atomic E-state index is -3.78. The van der Waals surface area contributed by atoms with Crippen molar-refractivity contribution in [2.45, 2.75) is 11.4 Å². The molecule has 0 saturated carbocycles. The molecular weight excluding hydrogens is 462 g/mol. The molecule has 0 atom stereocenters. The first-order chi connectivity index (χ1) is 13.4. The summed E-state index contributed by atoms with van der Waals surface area (Å²) in [5, 5.41) is 6.81. The third-order valence-corrected chi connectivity index (χ3v) is 6.56. The Morgan fingerprint density at radius 3 is 2.50 bits per heavy atom. The fourth-order valence-electron chi connectivity index (χ4n) is 2.87. The molecule has 1 heterocycles. The summed E-state index contributed by atoms with van der Waals surface area (Å²) in [4.78, 5) is 0.179. The summed E-state index contributed by atoms with van der Waals surface area (Å²) in [7, 11) is -3.78. The second-order valence-electron chi connectivity index (χ2n) is 6.23. The van der Waals surface area contributed by atoms with Gasteiger partial charge in [0.15, 0.2) is 5.82 Å². The third-order valence-electron chi connectivity index (χ3n) is 4.27. The zero-order valence-corrected chi connectivity index (χ0v) is 17.7. The second-order valence-corrected chi connectivity index (χ2v) is 9.17. The highest BCUT2D eigenvalue weighted by Gasteiger charge is 2.18. The van der Waals surface area contributed by atoms with Crippen LogP contribution in [0.2, 0.25) is 5.02 Å². The minimum Gasteiger partial charge on any atom is -0.265 e. The predicted octanol–water partition coefficient (Wildman–Crippen LogP) is 5.30. The summed E-state index contributed by atoms with van der Waals surface area (Å²) in [5.41, 5.74) is 0.892. The summed E-state index contributed by atoms with van der Waals surface area (Å²) in [6.07, 6.45) is 1.71. The molecule has 5 nitrogen and oxygen atoms in total. The SMILES string of the molecule is O=S(=O)(Nc1nn(Cc2ccccc2Cl)cc1Br)c1ccc2ccccc2c1. The lowest BCUT2D eigenvalue weighted by Crippen LogP contribution is -2.14. The van der Waals surface area contributed by atoms with Crippen LogP contribution in [0.5, 0.6) is 0 Å². The van der Waals surface area contributed by atoms with E-state index in [4.69, 9.17) is 11.6 Å². The summed E-state index contributed by atoms with van der Waals surface area (Å²) < 4.78 is 30.4. The van der Waals surface area contributed by atoms with Crippen LogP contribution in [0.1, 0.15) is 5.56 Å². The van der Waals surface area contributed by atoms with Gasteiger partial charge in [-0.3, -0.25) is 9.40 Å². The van der Waals surface area contributed by atoms with E-state index >= 15 is 0 Å². The van der Waals surface area contributed by atoms with Gasteiger partial charge in [0.2, 0.25) is 0 Å². The Hall–Kier alpha value is -2.35. The van der Waals surface area contributed by atoms with Gasteiger partial charge in [-0.25, -0.2) is 8.42 Å². The zero-order valence-electron chi connectivity index (χ0n) is 14.5. The van der Waals surface area contributed by atoms with E-state index < -0.39 is 10.0 Å². The van der Waals surface area contributed by atoms with Crippen LogP contribution in [0.4, 0.5) is 5.82 Å². The van der Waals surface area contributed by atoms with Crippen molar-refractivity contribution in [3.05, 3.63) is 88.0 Å². The zero-order chi connectivity index (χ0) is 19.7. The third kappa shape index (κ3) is 3.92. The number of anilines is 1. The first-order valence-electron chi connectivity index (χ1n) is 8.40. The van der Waals surface area contributed by atoms with Crippen LogP contribution >= 0.6 is 27.5 Å². The number of sulfonamides is 1. The molecule has 0 saturated heterocycles. The Kier molecular flexibility index (Phi) is 5.14. The normalized spacial score (nSPS) is 11.6. The molecule has 0 aliphatic heterocycles. The van der Waals surface area contributed by atoms with E-state index in [1.807, 2.05) is 42.5 Å². The van der Waals surface area contributed by atoms with E-state index in [1.54, 1.807) is 35.1 Å². The Bertz CT molecular complexity index is 1270. The quantitative estimate of drug-likeness (QED) is 0.425. The molecule has 1 aromatic heterocycles. The molecule has 28 heavy (non-hydrogen) atoms. The van der Waals surface area contributed by atoms with Crippen LogP contribution in [-0.4, -0.2) is 18.2 Å². The number of hydrogen-bond acceptors (Lipinski definition) is 3. The summed E-state index contributed by atoms with van der Waals surface area (Å²) in [6.45, 7) is 0.427. The maximum atomic E-state index is 12.8. The summed E-state index contributed by atoms with van der Waals surface area (Å²) >= 11 is 9.56. The van der Waals surface area contributed by atoms with Crippen LogP contribution < -0.4 is 4.72 Å². The number of halogens is 2. The van der Waals surface area contributed by atoms with Crippen molar-refractivity contribution in [3.63, 3.8) is 0 Å². The standard InChI is InChI=1S/C20H15BrClN3O2S/c21-18-13-25(12-16-7-3-4-8-19(16)22)23-20(18)24-28(26,27)17-10-9-14-5-1-2-6-15(14)11-17/h1-11,13H,12H2,(H,23,24). The molecule has 0 fully saturated rings. The number of hydrogen-bond donors (Lipinski definition) is 1. The van der Waals surface area contributed by atoms with Gasteiger partial charge in [-0.2, -0.15) is 5.10 Å². The van der Waals surface area contributed by atoms with E-state index in [1.165, 1.54) is 0 Å². The van der Waals surface area contributed by atoms with Crippen LogP contribution in [-0.2, 0) is 16.6 Å². The lowest BCUT2D eigenvalue weighted by Gasteiger charge is -2.08. The van der Waals surface area contributed by atoms with Gasteiger partial charge in [-0.1, -0.05) is 60.1 Å². The fraction of sp³-hybridized carbons (Fsp3) is 0.0500. The van der Waals surface area contributed by atoms with E-state index in [-0.39, 0.29) is 10.7 Å². The van der Waals surface area contributed by atoms with Crippen molar-refractivity contribution >= 4 is 54.1 Å². The molecule has 0 radical (unpaired) electrons.